The normalized spacial score (nSPS) is 13.4. The summed E-state index contributed by atoms with van der Waals surface area (Å²) >= 11 is 1.68. The van der Waals surface area contributed by atoms with Crippen molar-refractivity contribution in [2.45, 2.75) is 26.7 Å². The maximum absolute atomic E-state index is 13.1. The molecular formula is C24H21N3O3S. The summed E-state index contributed by atoms with van der Waals surface area (Å²) in [5.41, 5.74) is 5.22. The Morgan fingerprint density at radius 1 is 1.10 bits per heavy atom. The molecule has 1 aliphatic rings. The monoisotopic (exact) mass is 431 g/mol. The van der Waals surface area contributed by atoms with Gasteiger partial charge in [0.05, 0.1) is 11.3 Å². The summed E-state index contributed by atoms with van der Waals surface area (Å²) in [6.45, 7) is 4.77. The highest BCUT2D eigenvalue weighted by Crippen LogP contribution is 2.38. The van der Waals surface area contributed by atoms with Crippen LogP contribution < -0.4 is 4.90 Å². The molecule has 6 nitrogen and oxygen atoms in total. The second-order valence-corrected chi connectivity index (χ2v) is 8.99. The van der Waals surface area contributed by atoms with E-state index in [1.54, 1.807) is 22.6 Å². The maximum Gasteiger partial charge on any atom is 0.262 e. The van der Waals surface area contributed by atoms with E-state index in [-0.39, 0.29) is 23.0 Å². The number of aromatic nitrogens is 2. The summed E-state index contributed by atoms with van der Waals surface area (Å²) in [5, 5.41) is 20.8. The molecule has 2 N–H and O–H groups in total. The Morgan fingerprint density at radius 2 is 1.94 bits per heavy atom. The van der Waals surface area contributed by atoms with E-state index < -0.39 is 0 Å². The van der Waals surface area contributed by atoms with E-state index in [0.29, 0.717) is 6.54 Å². The highest BCUT2D eigenvalue weighted by atomic mass is 32.1. The molecule has 0 atom stereocenters. The summed E-state index contributed by atoms with van der Waals surface area (Å²) in [6, 6.07) is 10.1. The average Bonchev–Trinajstić information content (AvgIpc) is 3.06. The molecule has 0 aliphatic carbocycles. The predicted molar refractivity (Wildman–Crippen MR) is 122 cm³/mol. The van der Waals surface area contributed by atoms with Crippen LogP contribution in [0.4, 0.5) is 5.69 Å². The van der Waals surface area contributed by atoms with E-state index in [0.717, 1.165) is 45.6 Å². The van der Waals surface area contributed by atoms with Gasteiger partial charge in [0.25, 0.3) is 5.91 Å². The van der Waals surface area contributed by atoms with Gasteiger partial charge >= 0.3 is 0 Å². The van der Waals surface area contributed by atoms with Gasteiger partial charge in [-0.25, -0.2) is 9.97 Å². The molecule has 0 unspecified atom stereocenters. The third-order valence-electron chi connectivity index (χ3n) is 5.89. The van der Waals surface area contributed by atoms with Gasteiger partial charge in [-0.2, -0.15) is 0 Å². The van der Waals surface area contributed by atoms with Gasteiger partial charge in [-0.3, -0.25) is 4.79 Å². The predicted octanol–water partition coefficient (Wildman–Crippen LogP) is 4.98. The first-order valence-corrected chi connectivity index (χ1v) is 10.9. The Labute approximate surface area is 183 Å². The van der Waals surface area contributed by atoms with E-state index in [9.17, 15) is 15.0 Å². The zero-order valence-corrected chi connectivity index (χ0v) is 18.0. The molecule has 2 aromatic carbocycles. The number of amides is 1. The summed E-state index contributed by atoms with van der Waals surface area (Å²) in [7, 11) is 0. The fourth-order valence-corrected chi connectivity index (χ4v) is 5.20. The van der Waals surface area contributed by atoms with Crippen LogP contribution in [0.5, 0.6) is 11.5 Å². The number of carbonyl (C=O) groups is 1. The largest absolute Gasteiger partial charge is 0.508 e. The van der Waals surface area contributed by atoms with Gasteiger partial charge in [-0.1, -0.05) is 6.07 Å². The number of benzene rings is 2. The number of phenolic OH excluding ortho intramolecular Hbond substituents is 2. The van der Waals surface area contributed by atoms with E-state index in [2.05, 4.69) is 29.9 Å². The molecule has 3 heterocycles. The first-order valence-electron chi connectivity index (χ1n) is 10.1. The maximum atomic E-state index is 13.1. The number of hydrogen-bond acceptors (Lipinski definition) is 6. The van der Waals surface area contributed by atoms with Crippen LogP contribution >= 0.6 is 11.3 Å². The molecule has 0 bridgehead atoms. The summed E-state index contributed by atoms with van der Waals surface area (Å²) < 4.78 is 0. The minimum Gasteiger partial charge on any atom is -0.508 e. The van der Waals surface area contributed by atoms with E-state index >= 15 is 0 Å². The van der Waals surface area contributed by atoms with Crippen LogP contribution in [0, 0.1) is 13.8 Å². The smallest absolute Gasteiger partial charge is 0.262 e. The van der Waals surface area contributed by atoms with Gasteiger partial charge in [0.15, 0.2) is 0 Å². The number of aryl methyl sites for hydroxylation is 3. The number of rotatable bonds is 2. The van der Waals surface area contributed by atoms with Gasteiger partial charge in [0, 0.05) is 34.1 Å². The number of thiophene rings is 1. The lowest BCUT2D eigenvalue weighted by atomic mass is 9.96. The van der Waals surface area contributed by atoms with Crippen molar-refractivity contribution in [2.24, 2.45) is 0 Å². The average molecular weight is 432 g/mol. The fourth-order valence-electron chi connectivity index (χ4n) is 4.20. The molecule has 4 aromatic rings. The van der Waals surface area contributed by atoms with Gasteiger partial charge < -0.3 is 15.1 Å². The van der Waals surface area contributed by atoms with Crippen LogP contribution in [0.25, 0.3) is 21.5 Å². The summed E-state index contributed by atoms with van der Waals surface area (Å²) in [6.07, 6.45) is 3.30. The van der Waals surface area contributed by atoms with Crippen molar-refractivity contribution in [3.63, 3.8) is 0 Å². The molecule has 0 fully saturated rings. The van der Waals surface area contributed by atoms with Gasteiger partial charge in [0.1, 0.15) is 22.7 Å². The van der Waals surface area contributed by atoms with Crippen molar-refractivity contribution >= 4 is 33.1 Å². The van der Waals surface area contributed by atoms with Crippen LogP contribution in [-0.2, 0) is 6.42 Å². The van der Waals surface area contributed by atoms with E-state index in [1.807, 2.05) is 12.1 Å². The van der Waals surface area contributed by atoms with E-state index in [1.165, 1.54) is 28.6 Å². The van der Waals surface area contributed by atoms with Crippen molar-refractivity contribution in [1.29, 1.82) is 0 Å². The quantitative estimate of drug-likeness (QED) is 0.467. The molecular weight excluding hydrogens is 410 g/mol. The lowest BCUT2D eigenvalue weighted by Gasteiger charge is -2.30. The Morgan fingerprint density at radius 3 is 2.74 bits per heavy atom. The van der Waals surface area contributed by atoms with Crippen molar-refractivity contribution < 1.29 is 15.0 Å². The molecule has 2 aromatic heterocycles. The first kappa shape index (κ1) is 19.5. The number of anilines is 1. The SMILES string of the molecule is Cc1sc2ncnc(-c3ccc4c(c3)CCCN4C(=O)c3ccc(O)cc3O)c2c1C. The third-order valence-corrected chi connectivity index (χ3v) is 7.01. The number of phenols is 2. The Hall–Kier alpha value is -3.45. The Bertz CT molecular complexity index is 1350. The van der Waals surface area contributed by atoms with E-state index in [4.69, 9.17) is 0 Å². The number of hydrogen-bond donors (Lipinski definition) is 2. The third kappa shape index (κ3) is 3.21. The minimum atomic E-state index is -0.278. The van der Waals surface area contributed by atoms with Crippen LogP contribution in [0.3, 0.4) is 0 Å². The first-order chi connectivity index (χ1) is 14.9. The van der Waals surface area contributed by atoms with Crippen LogP contribution in [-0.4, -0.2) is 32.6 Å². The molecule has 0 saturated heterocycles. The molecule has 1 aliphatic heterocycles. The zero-order chi connectivity index (χ0) is 21.7. The molecule has 0 saturated carbocycles. The number of fused-ring (bicyclic) bond motifs is 2. The second kappa shape index (κ2) is 7.35. The number of aromatic hydroxyl groups is 2. The second-order valence-electron chi connectivity index (χ2n) is 7.79. The topological polar surface area (TPSA) is 86.6 Å². The van der Waals surface area contributed by atoms with Gasteiger partial charge in [0.2, 0.25) is 0 Å². The number of nitrogens with zero attached hydrogens (tertiary/aromatic N) is 3. The Balaban J connectivity index is 1.57. The van der Waals surface area contributed by atoms with Crippen molar-refractivity contribution in [2.75, 3.05) is 11.4 Å². The molecule has 0 radical (unpaired) electrons. The fraction of sp³-hybridized carbons (Fsp3) is 0.208. The lowest BCUT2D eigenvalue weighted by molar-refractivity contribution is 0.0982. The molecule has 5 rings (SSSR count). The highest BCUT2D eigenvalue weighted by molar-refractivity contribution is 7.18. The molecule has 1 amide bonds. The lowest BCUT2D eigenvalue weighted by Crippen LogP contribution is -2.35. The highest BCUT2D eigenvalue weighted by Gasteiger charge is 2.26. The van der Waals surface area contributed by atoms with Crippen molar-refractivity contribution in [3.8, 4) is 22.8 Å². The molecule has 0 spiro atoms. The van der Waals surface area contributed by atoms with Crippen LogP contribution in [0.15, 0.2) is 42.7 Å². The Kier molecular flexibility index (Phi) is 4.63. The summed E-state index contributed by atoms with van der Waals surface area (Å²) in [4.78, 5) is 26.1. The molecule has 31 heavy (non-hydrogen) atoms. The molecule has 7 heteroatoms. The number of carbonyl (C=O) groups excluding carboxylic acids is 1. The van der Waals surface area contributed by atoms with Gasteiger partial charge in [-0.15, -0.1) is 11.3 Å². The molecule has 156 valence electrons. The van der Waals surface area contributed by atoms with Crippen molar-refractivity contribution in [3.05, 3.63) is 64.3 Å². The van der Waals surface area contributed by atoms with Crippen molar-refractivity contribution in [1.82, 2.24) is 9.97 Å². The standard InChI is InChI=1S/C24H21N3O3S/c1-13-14(2)31-23-21(13)22(25-12-26-23)16-5-8-19-15(10-16)4-3-9-27(19)24(30)18-7-6-17(28)11-20(18)29/h5-8,10-12,28-29H,3-4,9H2,1-2H3. The minimum absolute atomic E-state index is 0.0761. The van der Waals surface area contributed by atoms with Crippen LogP contribution in [0.1, 0.15) is 32.8 Å². The van der Waals surface area contributed by atoms with Gasteiger partial charge in [-0.05, 0) is 62.1 Å². The zero-order valence-electron chi connectivity index (χ0n) is 17.2. The summed E-state index contributed by atoms with van der Waals surface area (Å²) in [5.74, 6) is -0.576. The van der Waals surface area contributed by atoms with Crippen LogP contribution in [0.2, 0.25) is 0 Å².